The van der Waals surface area contributed by atoms with Crippen LogP contribution in [0.4, 0.5) is 5.82 Å². The summed E-state index contributed by atoms with van der Waals surface area (Å²) in [6.45, 7) is 1.03. The molecular weight excluding hydrogens is 330 g/mol. The van der Waals surface area contributed by atoms with E-state index in [4.69, 9.17) is 0 Å². The standard InChI is InChI=1S/C18H17N7O/c1-25-17-15(23-24-25)10-13(11-21-17)18(26)20-9-8-19-16-7-6-12-4-2-3-5-14(12)22-16/h2-7,10-11H,8-9H2,1H3,(H,19,22)(H,20,26). The van der Waals surface area contributed by atoms with Crippen molar-refractivity contribution in [1.82, 2.24) is 30.3 Å². The number of nitrogens with one attached hydrogen (secondary N) is 2. The quantitative estimate of drug-likeness (QED) is 0.534. The molecule has 3 aromatic heterocycles. The van der Waals surface area contributed by atoms with E-state index in [1.807, 2.05) is 36.4 Å². The molecule has 3 heterocycles. The van der Waals surface area contributed by atoms with Crippen molar-refractivity contribution in [2.75, 3.05) is 18.4 Å². The van der Waals surface area contributed by atoms with Gasteiger partial charge in [-0.15, -0.1) is 5.10 Å². The third-order valence-electron chi connectivity index (χ3n) is 4.02. The van der Waals surface area contributed by atoms with Gasteiger partial charge < -0.3 is 10.6 Å². The van der Waals surface area contributed by atoms with Gasteiger partial charge in [-0.2, -0.15) is 0 Å². The van der Waals surface area contributed by atoms with Crippen molar-refractivity contribution in [3.63, 3.8) is 0 Å². The van der Waals surface area contributed by atoms with Crippen molar-refractivity contribution >= 4 is 33.8 Å². The number of aromatic nitrogens is 5. The summed E-state index contributed by atoms with van der Waals surface area (Å²) in [7, 11) is 1.76. The summed E-state index contributed by atoms with van der Waals surface area (Å²) < 4.78 is 1.57. The first kappa shape index (κ1) is 15.9. The van der Waals surface area contributed by atoms with Crippen LogP contribution in [-0.2, 0) is 7.05 Å². The second-order valence-electron chi connectivity index (χ2n) is 5.85. The molecule has 0 unspecified atom stereocenters. The first-order valence-electron chi connectivity index (χ1n) is 8.24. The normalized spacial score (nSPS) is 11.0. The van der Waals surface area contributed by atoms with E-state index in [0.29, 0.717) is 29.8 Å². The zero-order valence-electron chi connectivity index (χ0n) is 14.2. The van der Waals surface area contributed by atoms with E-state index in [-0.39, 0.29) is 5.91 Å². The van der Waals surface area contributed by atoms with E-state index in [2.05, 4.69) is 30.9 Å². The number of amides is 1. The Balaban J connectivity index is 1.33. The molecule has 8 nitrogen and oxygen atoms in total. The average Bonchev–Trinajstić information content (AvgIpc) is 3.05. The predicted octanol–water partition coefficient (Wildman–Crippen LogP) is 1.75. The van der Waals surface area contributed by atoms with Gasteiger partial charge in [0.25, 0.3) is 5.91 Å². The molecule has 130 valence electrons. The number of pyridine rings is 2. The van der Waals surface area contributed by atoms with Crippen LogP contribution in [0.15, 0.2) is 48.7 Å². The van der Waals surface area contributed by atoms with Crippen LogP contribution in [0.1, 0.15) is 10.4 Å². The monoisotopic (exact) mass is 347 g/mol. The summed E-state index contributed by atoms with van der Waals surface area (Å²) in [5.74, 6) is 0.582. The molecule has 4 aromatic rings. The van der Waals surface area contributed by atoms with Crippen LogP contribution in [-0.4, -0.2) is 44.0 Å². The second kappa shape index (κ2) is 6.75. The van der Waals surface area contributed by atoms with Crippen molar-refractivity contribution < 1.29 is 4.79 Å². The number of nitrogens with zero attached hydrogens (tertiary/aromatic N) is 5. The first-order chi connectivity index (χ1) is 12.7. The van der Waals surface area contributed by atoms with Crippen LogP contribution < -0.4 is 10.6 Å². The Bertz CT molecular complexity index is 1090. The minimum Gasteiger partial charge on any atom is -0.368 e. The number of hydrogen-bond donors (Lipinski definition) is 2. The maximum absolute atomic E-state index is 12.2. The lowest BCUT2D eigenvalue weighted by molar-refractivity contribution is 0.0955. The molecule has 0 saturated carbocycles. The number of rotatable bonds is 5. The topological polar surface area (TPSA) is 97.6 Å². The Morgan fingerprint density at radius 1 is 1.12 bits per heavy atom. The number of carbonyl (C=O) groups is 1. The molecule has 0 aliphatic heterocycles. The number of carbonyl (C=O) groups excluding carboxylic acids is 1. The van der Waals surface area contributed by atoms with Crippen LogP contribution in [0.2, 0.25) is 0 Å². The fourth-order valence-electron chi connectivity index (χ4n) is 2.68. The van der Waals surface area contributed by atoms with E-state index < -0.39 is 0 Å². The second-order valence-corrected chi connectivity index (χ2v) is 5.85. The molecule has 0 spiro atoms. The van der Waals surface area contributed by atoms with Gasteiger partial charge in [-0.25, -0.2) is 14.6 Å². The molecule has 0 saturated heterocycles. The van der Waals surface area contributed by atoms with Crippen molar-refractivity contribution in [3.05, 3.63) is 54.2 Å². The van der Waals surface area contributed by atoms with Gasteiger partial charge in [0.15, 0.2) is 5.65 Å². The Labute approximate surface area is 149 Å². The molecule has 0 radical (unpaired) electrons. The van der Waals surface area contributed by atoms with Crippen molar-refractivity contribution in [2.45, 2.75) is 0 Å². The van der Waals surface area contributed by atoms with Crippen molar-refractivity contribution in [1.29, 1.82) is 0 Å². The van der Waals surface area contributed by atoms with Gasteiger partial charge in [-0.3, -0.25) is 4.79 Å². The zero-order valence-corrected chi connectivity index (χ0v) is 14.2. The zero-order chi connectivity index (χ0) is 17.9. The summed E-state index contributed by atoms with van der Waals surface area (Å²) in [6, 6.07) is 13.6. The minimum atomic E-state index is -0.196. The molecule has 0 aliphatic rings. The summed E-state index contributed by atoms with van der Waals surface area (Å²) >= 11 is 0. The van der Waals surface area contributed by atoms with Crippen LogP contribution in [0.5, 0.6) is 0 Å². The SMILES string of the molecule is Cn1nnc2cc(C(=O)NCCNc3ccc4ccccc4n3)cnc21. The molecule has 0 fully saturated rings. The van der Waals surface area contributed by atoms with Gasteiger partial charge in [-0.1, -0.05) is 23.4 Å². The summed E-state index contributed by atoms with van der Waals surface area (Å²) in [6.07, 6.45) is 1.53. The highest BCUT2D eigenvalue weighted by Crippen LogP contribution is 2.14. The highest BCUT2D eigenvalue weighted by atomic mass is 16.1. The maximum Gasteiger partial charge on any atom is 0.252 e. The molecule has 26 heavy (non-hydrogen) atoms. The molecule has 0 aliphatic carbocycles. The largest absolute Gasteiger partial charge is 0.368 e. The van der Waals surface area contributed by atoms with Crippen LogP contribution >= 0.6 is 0 Å². The minimum absolute atomic E-state index is 0.196. The van der Waals surface area contributed by atoms with E-state index >= 15 is 0 Å². The average molecular weight is 347 g/mol. The Morgan fingerprint density at radius 3 is 2.92 bits per heavy atom. The first-order valence-corrected chi connectivity index (χ1v) is 8.24. The van der Waals surface area contributed by atoms with Crippen molar-refractivity contribution in [2.24, 2.45) is 7.05 Å². The molecule has 8 heteroatoms. The summed E-state index contributed by atoms with van der Waals surface area (Å²) in [5, 5.41) is 15.0. The third kappa shape index (κ3) is 3.16. The smallest absolute Gasteiger partial charge is 0.252 e. The highest BCUT2D eigenvalue weighted by Gasteiger charge is 2.09. The molecule has 4 rings (SSSR count). The molecule has 0 bridgehead atoms. The van der Waals surface area contributed by atoms with E-state index in [1.54, 1.807) is 17.8 Å². The van der Waals surface area contributed by atoms with E-state index in [9.17, 15) is 4.79 Å². The molecule has 1 aromatic carbocycles. The van der Waals surface area contributed by atoms with Gasteiger partial charge in [0.2, 0.25) is 0 Å². The van der Waals surface area contributed by atoms with Crippen LogP contribution in [0.3, 0.4) is 0 Å². The van der Waals surface area contributed by atoms with Crippen molar-refractivity contribution in [3.8, 4) is 0 Å². The highest BCUT2D eigenvalue weighted by molar-refractivity contribution is 5.96. The van der Waals surface area contributed by atoms with E-state index in [1.165, 1.54) is 6.20 Å². The maximum atomic E-state index is 12.2. The Morgan fingerprint density at radius 2 is 2.00 bits per heavy atom. The van der Waals surface area contributed by atoms with E-state index in [0.717, 1.165) is 16.7 Å². The third-order valence-corrected chi connectivity index (χ3v) is 4.02. The lowest BCUT2D eigenvalue weighted by Crippen LogP contribution is -2.29. The van der Waals surface area contributed by atoms with Gasteiger partial charge in [-0.05, 0) is 24.3 Å². The Kier molecular flexibility index (Phi) is 4.14. The summed E-state index contributed by atoms with van der Waals surface area (Å²) in [5.41, 5.74) is 2.64. The predicted molar refractivity (Wildman–Crippen MR) is 98.9 cm³/mol. The number of aryl methyl sites for hydroxylation is 1. The molecule has 1 amide bonds. The molecular formula is C18H17N7O. The van der Waals surface area contributed by atoms with Crippen LogP contribution in [0.25, 0.3) is 22.1 Å². The fourth-order valence-corrected chi connectivity index (χ4v) is 2.68. The van der Waals surface area contributed by atoms with Gasteiger partial charge >= 0.3 is 0 Å². The number of para-hydroxylation sites is 1. The lowest BCUT2D eigenvalue weighted by atomic mass is 10.2. The van der Waals surface area contributed by atoms with Gasteiger partial charge in [0.1, 0.15) is 11.3 Å². The number of hydrogen-bond acceptors (Lipinski definition) is 6. The fraction of sp³-hybridized carbons (Fsp3) is 0.167. The number of fused-ring (bicyclic) bond motifs is 2. The number of anilines is 1. The Hall–Kier alpha value is -3.55. The molecule has 2 N–H and O–H groups in total. The van der Waals surface area contributed by atoms with Crippen LogP contribution in [0, 0.1) is 0 Å². The summed E-state index contributed by atoms with van der Waals surface area (Å²) in [4.78, 5) is 21.0. The lowest BCUT2D eigenvalue weighted by Gasteiger charge is -2.08. The van der Waals surface area contributed by atoms with Gasteiger partial charge in [0, 0.05) is 31.7 Å². The molecule has 0 atom stereocenters. The number of benzene rings is 1. The van der Waals surface area contributed by atoms with Gasteiger partial charge in [0.05, 0.1) is 11.1 Å².